The van der Waals surface area contributed by atoms with Crippen LogP contribution in [0.2, 0.25) is 0 Å². The number of aromatic nitrogens is 2. The molecule has 1 atom stereocenters. The van der Waals surface area contributed by atoms with Gasteiger partial charge in [0.05, 0.1) is 32.2 Å². The van der Waals surface area contributed by atoms with Crippen LogP contribution in [0.15, 0.2) is 60.7 Å². The lowest BCUT2D eigenvalue weighted by atomic mass is 9.94. The number of aryl methyl sites for hydroxylation is 1. The van der Waals surface area contributed by atoms with Crippen molar-refractivity contribution in [1.29, 1.82) is 0 Å². The molecule has 3 heterocycles. The zero-order valence-corrected chi connectivity index (χ0v) is 20.5. The topological polar surface area (TPSA) is 112 Å². The van der Waals surface area contributed by atoms with Gasteiger partial charge in [-0.2, -0.15) is 0 Å². The van der Waals surface area contributed by atoms with Gasteiger partial charge in [0.2, 0.25) is 0 Å². The van der Waals surface area contributed by atoms with E-state index in [4.69, 9.17) is 18.9 Å². The van der Waals surface area contributed by atoms with Crippen LogP contribution in [-0.4, -0.2) is 65.2 Å². The van der Waals surface area contributed by atoms with Crippen molar-refractivity contribution in [2.75, 3.05) is 34.0 Å². The molecule has 1 amide bonds. The molecule has 1 aromatic heterocycles. The van der Waals surface area contributed by atoms with E-state index in [2.05, 4.69) is 4.98 Å². The van der Waals surface area contributed by atoms with Crippen LogP contribution in [0.4, 0.5) is 0 Å². The van der Waals surface area contributed by atoms with E-state index in [1.807, 2.05) is 10.8 Å². The van der Waals surface area contributed by atoms with E-state index >= 15 is 0 Å². The van der Waals surface area contributed by atoms with Crippen LogP contribution in [0.25, 0.3) is 5.76 Å². The van der Waals surface area contributed by atoms with Gasteiger partial charge in [-0.05, 0) is 42.3 Å². The van der Waals surface area contributed by atoms with Crippen molar-refractivity contribution in [2.24, 2.45) is 0 Å². The third-order valence-corrected chi connectivity index (χ3v) is 6.45. The van der Waals surface area contributed by atoms with Crippen molar-refractivity contribution in [3.8, 4) is 23.0 Å². The Bertz CT molecular complexity index is 1350. The van der Waals surface area contributed by atoms with Gasteiger partial charge in [-0.15, -0.1) is 0 Å². The lowest BCUT2D eigenvalue weighted by molar-refractivity contribution is -0.139. The minimum absolute atomic E-state index is 0.00321. The molecule has 0 unspecified atom stereocenters. The number of methoxy groups -OCH3 is 2. The van der Waals surface area contributed by atoms with Crippen molar-refractivity contribution in [3.63, 3.8) is 0 Å². The van der Waals surface area contributed by atoms with Gasteiger partial charge in [-0.25, -0.2) is 4.98 Å². The first-order valence-electron chi connectivity index (χ1n) is 11.9. The maximum Gasteiger partial charge on any atom is 0.295 e. The molecular formula is C27H27N3O7. The summed E-state index contributed by atoms with van der Waals surface area (Å²) in [5, 5.41) is 11.4. The summed E-state index contributed by atoms with van der Waals surface area (Å²) in [5.74, 6) is 0.261. The number of ketones is 1. The normalized spacial score (nSPS) is 18.2. The quantitative estimate of drug-likeness (QED) is 0.282. The number of Topliss-reactive ketones (excluding diaryl/α,β-unsaturated/α-hetero) is 1. The number of benzene rings is 2. The maximum atomic E-state index is 13.3. The first kappa shape index (κ1) is 24.2. The first-order valence-corrected chi connectivity index (χ1v) is 11.9. The van der Waals surface area contributed by atoms with Gasteiger partial charge in [0.25, 0.3) is 11.7 Å². The average Bonchev–Trinajstić information content (AvgIpc) is 3.54. The highest BCUT2D eigenvalue weighted by atomic mass is 16.6. The largest absolute Gasteiger partial charge is 0.507 e. The molecule has 1 saturated heterocycles. The number of amides is 1. The van der Waals surface area contributed by atoms with Crippen molar-refractivity contribution in [2.45, 2.75) is 19.0 Å². The molecule has 2 aromatic carbocycles. The number of rotatable bonds is 8. The fourth-order valence-electron chi connectivity index (χ4n) is 4.67. The van der Waals surface area contributed by atoms with Gasteiger partial charge in [-0.3, -0.25) is 9.59 Å². The summed E-state index contributed by atoms with van der Waals surface area (Å²) >= 11 is 0. The minimum Gasteiger partial charge on any atom is -0.507 e. The monoisotopic (exact) mass is 505 g/mol. The number of hydrogen-bond donors (Lipinski definition) is 1. The molecule has 0 radical (unpaired) electrons. The minimum atomic E-state index is -0.823. The summed E-state index contributed by atoms with van der Waals surface area (Å²) in [4.78, 5) is 32.1. The highest BCUT2D eigenvalue weighted by molar-refractivity contribution is 6.46. The Labute approximate surface area is 213 Å². The molecule has 37 heavy (non-hydrogen) atoms. The van der Waals surface area contributed by atoms with Crippen LogP contribution in [0.1, 0.15) is 23.6 Å². The van der Waals surface area contributed by atoms with E-state index in [9.17, 15) is 14.7 Å². The summed E-state index contributed by atoms with van der Waals surface area (Å²) in [5.41, 5.74) is 0.959. The Hall–Kier alpha value is -4.47. The first-order chi connectivity index (χ1) is 18.0. The second kappa shape index (κ2) is 10.3. The second-order valence-electron chi connectivity index (χ2n) is 8.62. The third kappa shape index (κ3) is 4.57. The van der Waals surface area contributed by atoms with Crippen molar-refractivity contribution < 1.29 is 33.6 Å². The number of carbonyl (C=O) groups excluding carboxylic acids is 2. The summed E-state index contributed by atoms with van der Waals surface area (Å²) in [6, 6.07) is 9.30. The summed E-state index contributed by atoms with van der Waals surface area (Å²) in [6.07, 6.45) is 5.80. The third-order valence-electron chi connectivity index (χ3n) is 6.45. The Morgan fingerprint density at radius 2 is 1.81 bits per heavy atom. The lowest BCUT2D eigenvalue weighted by Gasteiger charge is -2.26. The molecule has 192 valence electrons. The number of hydrogen-bond acceptors (Lipinski definition) is 8. The van der Waals surface area contributed by atoms with Crippen molar-refractivity contribution in [1.82, 2.24) is 14.5 Å². The predicted octanol–water partition coefficient (Wildman–Crippen LogP) is 3.18. The van der Waals surface area contributed by atoms with Gasteiger partial charge in [0, 0.05) is 31.0 Å². The molecule has 2 aliphatic rings. The van der Waals surface area contributed by atoms with Crippen LogP contribution in [0, 0.1) is 0 Å². The fourth-order valence-corrected chi connectivity index (χ4v) is 4.67. The van der Waals surface area contributed by atoms with E-state index in [0.29, 0.717) is 66.8 Å². The standard InChI is InChI=1S/C27H27N3O7/c1-34-19-6-4-17(14-21(19)35-2)24-23(25(31)18-5-7-20-22(15-18)37-13-12-36-20)26(32)27(33)30(24)10-3-9-29-11-8-28-16-29/h4-8,11,14-16,24,31H,3,9-10,12-13H2,1-2H3/t24-/m1/s1. The molecular weight excluding hydrogens is 478 g/mol. The van der Waals surface area contributed by atoms with Crippen LogP contribution in [0.5, 0.6) is 23.0 Å². The zero-order chi connectivity index (χ0) is 25.9. The molecule has 3 aromatic rings. The fraction of sp³-hybridized carbons (Fsp3) is 0.296. The summed E-state index contributed by atoms with van der Waals surface area (Å²) < 4.78 is 23.9. The smallest absolute Gasteiger partial charge is 0.295 e. The van der Waals surface area contributed by atoms with E-state index in [1.165, 1.54) is 19.1 Å². The van der Waals surface area contributed by atoms with E-state index in [-0.39, 0.29) is 11.3 Å². The zero-order valence-electron chi connectivity index (χ0n) is 20.5. The SMILES string of the molecule is COc1ccc([C@@H]2C(=C(O)c3ccc4c(c3)OCCO4)C(=O)C(=O)N2CCCn2ccnc2)cc1OC. The molecule has 0 saturated carbocycles. The highest BCUT2D eigenvalue weighted by Crippen LogP contribution is 2.43. The van der Waals surface area contributed by atoms with Gasteiger partial charge in [0.15, 0.2) is 23.0 Å². The van der Waals surface area contributed by atoms with Crippen molar-refractivity contribution in [3.05, 3.63) is 71.8 Å². The summed E-state index contributed by atoms with van der Waals surface area (Å²) in [6.45, 7) is 1.72. The number of nitrogens with zero attached hydrogens (tertiary/aromatic N) is 3. The van der Waals surface area contributed by atoms with E-state index in [1.54, 1.807) is 48.9 Å². The van der Waals surface area contributed by atoms with Crippen molar-refractivity contribution >= 4 is 17.4 Å². The van der Waals surface area contributed by atoms with Crippen LogP contribution in [0.3, 0.4) is 0 Å². The molecule has 10 heteroatoms. The predicted molar refractivity (Wildman–Crippen MR) is 133 cm³/mol. The number of fused-ring (bicyclic) bond motifs is 1. The molecule has 0 aliphatic carbocycles. The lowest BCUT2D eigenvalue weighted by Crippen LogP contribution is -2.31. The van der Waals surface area contributed by atoms with Gasteiger partial charge in [0.1, 0.15) is 19.0 Å². The number of carbonyl (C=O) groups is 2. The Kier molecular flexibility index (Phi) is 6.72. The van der Waals surface area contributed by atoms with Gasteiger partial charge >= 0.3 is 0 Å². The number of imidazole rings is 1. The van der Waals surface area contributed by atoms with Crippen LogP contribution in [-0.2, 0) is 16.1 Å². The molecule has 10 nitrogen and oxygen atoms in total. The molecule has 1 N–H and O–H groups in total. The number of likely N-dealkylation sites (tertiary alicyclic amines) is 1. The van der Waals surface area contributed by atoms with E-state index in [0.717, 1.165) is 0 Å². The van der Waals surface area contributed by atoms with Gasteiger partial charge in [-0.1, -0.05) is 6.07 Å². The number of ether oxygens (including phenoxy) is 4. The average molecular weight is 506 g/mol. The van der Waals surface area contributed by atoms with Crippen LogP contribution >= 0.6 is 0 Å². The Balaban J connectivity index is 1.57. The Morgan fingerprint density at radius 3 is 2.54 bits per heavy atom. The number of aliphatic hydroxyl groups excluding tert-OH is 1. The molecule has 2 aliphatic heterocycles. The second-order valence-corrected chi connectivity index (χ2v) is 8.62. The summed E-state index contributed by atoms with van der Waals surface area (Å²) in [7, 11) is 3.04. The maximum absolute atomic E-state index is 13.3. The van der Waals surface area contributed by atoms with E-state index < -0.39 is 17.7 Å². The Morgan fingerprint density at radius 1 is 1.03 bits per heavy atom. The highest BCUT2D eigenvalue weighted by Gasteiger charge is 2.46. The van der Waals surface area contributed by atoms with Gasteiger partial charge < -0.3 is 33.5 Å². The molecule has 0 spiro atoms. The molecule has 1 fully saturated rings. The molecule has 0 bridgehead atoms. The molecule has 5 rings (SSSR count). The number of aliphatic hydroxyl groups is 1. The van der Waals surface area contributed by atoms with Crippen LogP contribution < -0.4 is 18.9 Å².